The Hall–Kier alpha value is -0.780. The molecular weight excluding hydrogens is 216 g/mol. The van der Waals surface area contributed by atoms with Crippen molar-refractivity contribution in [2.24, 2.45) is 0 Å². The van der Waals surface area contributed by atoms with Crippen LogP contribution in [-0.2, 0) is 5.41 Å². The molecule has 0 spiro atoms. The van der Waals surface area contributed by atoms with Gasteiger partial charge in [0, 0.05) is 0 Å². The smallest absolute Gasteiger partial charge is 0.00522 e. The zero-order valence-electron chi connectivity index (χ0n) is 12.5. The van der Waals surface area contributed by atoms with Crippen molar-refractivity contribution in [1.82, 2.24) is 0 Å². The molecule has 0 bridgehead atoms. The second-order valence-corrected chi connectivity index (χ2v) is 5.52. The Morgan fingerprint density at radius 2 is 1.39 bits per heavy atom. The zero-order chi connectivity index (χ0) is 13.3. The summed E-state index contributed by atoms with van der Waals surface area (Å²) in [6.45, 7) is 6.98. The quantitative estimate of drug-likeness (QED) is 0.461. The third kappa shape index (κ3) is 4.15. The Labute approximate surface area is 114 Å². The van der Waals surface area contributed by atoms with E-state index >= 15 is 0 Å². The summed E-state index contributed by atoms with van der Waals surface area (Å²) >= 11 is 0. The molecule has 0 aliphatic heterocycles. The van der Waals surface area contributed by atoms with Crippen LogP contribution in [0, 0.1) is 0 Å². The van der Waals surface area contributed by atoms with Crippen LogP contribution in [0.2, 0.25) is 0 Å². The lowest BCUT2D eigenvalue weighted by atomic mass is 9.72. The summed E-state index contributed by atoms with van der Waals surface area (Å²) in [4.78, 5) is 0. The Morgan fingerprint density at radius 1 is 0.778 bits per heavy atom. The molecule has 0 radical (unpaired) electrons. The van der Waals surface area contributed by atoms with E-state index in [-0.39, 0.29) is 0 Å². The maximum atomic E-state index is 2.35. The molecule has 1 rings (SSSR count). The van der Waals surface area contributed by atoms with Crippen LogP contribution in [0.15, 0.2) is 30.3 Å². The first-order chi connectivity index (χ1) is 8.79. The minimum atomic E-state index is 0.424. The molecule has 0 atom stereocenters. The van der Waals surface area contributed by atoms with E-state index in [1.165, 1.54) is 51.4 Å². The Balaban J connectivity index is 2.58. The standard InChI is InChI=1S/C18H30/c1-4-7-8-9-13-16-18(5-2,6-3)17-14-11-10-12-15-17/h10-12,14-15H,4-9,13,16H2,1-3H3. The zero-order valence-corrected chi connectivity index (χ0v) is 12.5. The number of rotatable bonds is 9. The molecule has 0 heteroatoms. The Bertz CT molecular complexity index is 295. The topological polar surface area (TPSA) is 0 Å². The highest BCUT2D eigenvalue weighted by molar-refractivity contribution is 5.25. The van der Waals surface area contributed by atoms with Gasteiger partial charge in [-0.05, 0) is 30.2 Å². The highest BCUT2D eigenvalue weighted by Crippen LogP contribution is 2.36. The number of benzene rings is 1. The average Bonchev–Trinajstić information content (AvgIpc) is 2.44. The van der Waals surface area contributed by atoms with E-state index in [2.05, 4.69) is 51.1 Å². The molecule has 1 aromatic carbocycles. The summed E-state index contributed by atoms with van der Waals surface area (Å²) in [7, 11) is 0. The van der Waals surface area contributed by atoms with Gasteiger partial charge in [-0.3, -0.25) is 0 Å². The molecule has 1 aromatic rings. The Kier molecular flexibility index (Phi) is 7.08. The maximum Gasteiger partial charge on any atom is -0.00522 e. The van der Waals surface area contributed by atoms with Crippen molar-refractivity contribution in [2.45, 2.75) is 77.6 Å². The summed E-state index contributed by atoms with van der Waals surface area (Å²) in [5.41, 5.74) is 1.97. The van der Waals surface area contributed by atoms with Crippen LogP contribution < -0.4 is 0 Å². The second-order valence-electron chi connectivity index (χ2n) is 5.52. The number of hydrogen-bond donors (Lipinski definition) is 0. The molecule has 0 N–H and O–H groups in total. The van der Waals surface area contributed by atoms with E-state index < -0.39 is 0 Å². The van der Waals surface area contributed by atoms with Crippen molar-refractivity contribution in [3.05, 3.63) is 35.9 Å². The first kappa shape index (κ1) is 15.3. The fraction of sp³-hybridized carbons (Fsp3) is 0.667. The van der Waals surface area contributed by atoms with Gasteiger partial charge in [-0.2, -0.15) is 0 Å². The van der Waals surface area contributed by atoms with Gasteiger partial charge in [-0.15, -0.1) is 0 Å². The van der Waals surface area contributed by atoms with Gasteiger partial charge in [-0.25, -0.2) is 0 Å². The lowest BCUT2D eigenvalue weighted by Crippen LogP contribution is -2.24. The predicted molar refractivity (Wildman–Crippen MR) is 82.1 cm³/mol. The van der Waals surface area contributed by atoms with Crippen LogP contribution in [0.25, 0.3) is 0 Å². The van der Waals surface area contributed by atoms with Crippen molar-refractivity contribution in [3.63, 3.8) is 0 Å². The fourth-order valence-electron chi connectivity index (χ4n) is 3.01. The van der Waals surface area contributed by atoms with Gasteiger partial charge in [-0.1, -0.05) is 83.2 Å². The first-order valence-electron chi connectivity index (χ1n) is 7.84. The third-order valence-corrected chi connectivity index (χ3v) is 4.50. The highest BCUT2D eigenvalue weighted by Gasteiger charge is 2.27. The predicted octanol–water partition coefficient (Wildman–Crippen LogP) is 6.10. The Morgan fingerprint density at radius 3 is 1.94 bits per heavy atom. The van der Waals surface area contributed by atoms with Crippen LogP contribution in [0.3, 0.4) is 0 Å². The summed E-state index contributed by atoms with van der Waals surface area (Å²) in [6, 6.07) is 11.1. The van der Waals surface area contributed by atoms with Crippen LogP contribution in [0.5, 0.6) is 0 Å². The van der Waals surface area contributed by atoms with Gasteiger partial charge in [0.2, 0.25) is 0 Å². The average molecular weight is 246 g/mol. The van der Waals surface area contributed by atoms with E-state index in [0.29, 0.717) is 5.41 Å². The molecule has 0 aliphatic rings. The van der Waals surface area contributed by atoms with Crippen molar-refractivity contribution < 1.29 is 0 Å². The lowest BCUT2D eigenvalue weighted by Gasteiger charge is -2.32. The minimum absolute atomic E-state index is 0.424. The molecule has 0 fully saturated rings. The van der Waals surface area contributed by atoms with Crippen LogP contribution >= 0.6 is 0 Å². The van der Waals surface area contributed by atoms with Crippen molar-refractivity contribution in [1.29, 1.82) is 0 Å². The molecular formula is C18H30. The molecule has 0 saturated heterocycles. The summed E-state index contributed by atoms with van der Waals surface area (Å²) in [5, 5.41) is 0. The van der Waals surface area contributed by atoms with Crippen molar-refractivity contribution in [2.75, 3.05) is 0 Å². The van der Waals surface area contributed by atoms with Gasteiger partial charge in [0.05, 0.1) is 0 Å². The largest absolute Gasteiger partial charge is 0.0654 e. The van der Waals surface area contributed by atoms with E-state index in [0.717, 1.165) is 0 Å². The highest BCUT2D eigenvalue weighted by atomic mass is 14.3. The molecule has 0 aromatic heterocycles. The third-order valence-electron chi connectivity index (χ3n) is 4.50. The molecule has 0 amide bonds. The first-order valence-corrected chi connectivity index (χ1v) is 7.84. The summed E-state index contributed by atoms with van der Waals surface area (Å²) in [5.74, 6) is 0. The lowest BCUT2D eigenvalue weighted by molar-refractivity contribution is 0.348. The van der Waals surface area contributed by atoms with Gasteiger partial charge in [0.25, 0.3) is 0 Å². The monoisotopic (exact) mass is 246 g/mol. The van der Waals surface area contributed by atoms with Gasteiger partial charge in [0.1, 0.15) is 0 Å². The fourth-order valence-corrected chi connectivity index (χ4v) is 3.01. The normalized spacial score (nSPS) is 11.7. The van der Waals surface area contributed by atoms with Gasteiger partial charge in [0.15, 0.2) is 0 Å². The van der Waals surface area contributed by atoms with Crippen LogP contribution in [-0.4, -0.2) is 0 Å². The SMILES string of the molecule is CCCCCCCC(CC)(CC)c1ccccc1. The molecule has 0 unspecified atom stereocenters. The molecule has 18 heavy (non-hydrogen) atoms. The summed E-state index contributed by atoms with van der Waals surface area (Å²) < 4.78 is 0. The molecule has 0 saturated carbocycles. The van der Waals surface area contributed by atoms with Crippen molar-refractivity contribution in [3.8, 4) is 0 Å². The molecule has 0 heterocycles. The molecule has 102 valence electrons. The van der Waals surface area contributed by atoms with Crippen LogP contribution in [0.1, 0.15) is 77.7 Å². The van der Waals surface area contributed by atoms with Gasteiger partial charge < -0.3 is 0 Å². The van der Waals surface area contributed by atoms with E-state index in [1.54, 1.807) is 5.56 Å². The van der Waals surface area contributed by atoms with Gasteiger partial charge >= 0.3 is 0 Å². The summed E-state index contributed by atoms with van der Waals surface area (Å²) in [6.07, 6.45) is 10.8. The van der Waals surface area contributed by atoms with Crippen LogP contribution in [0.4, 0.5) is 0 Å². The number of unbranched alkanes of at least 4 members (excludes halogenated alkanes) is 4. The number of hydrogen-bond acceptors (Lipinski definition) is 0. The van der Waals surface area contributed by atoms with E-state index in [1.807, 2.05) is 0 Å². The molecule has 0 aliphatic carbocycles. The maximum absolute atomic E-state index is 2.35. The van der Waals surface area contributed by atoms with E-state index in [9.17, 15) is 0 Å². The van der Waals surface area contributed by atoms with E-state index in [4.69, 9.17) is 0 Å². The second kappa shape index (κ2) is 8.34. The minimum Gasteiger partial charge on any atom is -0.0654 e. The van der Waals surface area contributed by atoms with Crippen molar-refractivity contribution >= 4 is 0 Å². The molecule has 0 nitrogen and oxygen atoms in total.